The van der Waals surface area contributed by atoms with E-state index in [-0.39, 0.29) is 43.7 Å². The van der Waals surface area contributed by atoms with Gasteiger partial charge in [0.15, 0.2) is 9.84 Å². The number of phenols is 1. The van der Waals surface area contributed by atoms with Crippen LogP contribution in [0.3, 0.4) is 0 Å². The molecule has 36 heavy (non-hydrogen) atoms. The highest BCUT2D eigenvalue weighted by Crippen LogP contribution is 2.39. The molecular weight excluding hydrogens is 548 g/mol. The fraction of sp³-hybridized carbons (Fsp3) is 0.125. The van der Waals surface area contributed by atoms with Gasteiger partial charge in [0.1, 0.15) is 11.8 Å². The van der Waals surface area contributed by atoms with Crippen molar-refractivity contribution < 1.29 is 32.9 Å². The standard InChI is InChI=1S/C24H20Cl2NO7PS/c1-36(33,34)19-7-2-4-15(10-19)13-22(24(29)30)27-23-20(25)11-16(12-21(23)26)8-9-35(31,32)18-6-3-5-17(28)14-18/h2-7,10-12,14,22,27-28H,13H2,1H3,(H,29,30)(H,31,32)/t22-/m0/s1. The Labute approximate surface area is 217 Å². The summed E-state index contributed by atoms with van der Waals surface area (Å²) in [7, 11) is -7.58. The summed E-state index contributed by atoms with van der Waals surface area (Å²) in [6.45, 7) is 0. The van der Waals surface area contributed by atoms with Crippen LogP contribution in [0, 0.1) is 11.6 Å². The minimum atomic E-state index is -4.11. The first-order valence-electron chi connectivity index (χ1n) is 10.2. The SMILES string of the molecule is CS(=O)(=O)c1cccc(C[C@H](Nc2c(Cl)cc(C#CP(=O)(O)c3cccc(O)c3)cc2Cl)C(=O)O)c1. The fourth-order valence-electron chi connectivity index (χ4n) is 3.18. The molecule has 3 aromatic rings. The third kappa shape index (κ3) is 7.03. The van der Waals surface area contributed by atoms with Gasteiger partial charge in [0.25, 0.3) is 0 Å². The number of aliphatic carboxylic acids is 1. The Bertz CT molecular complexity index is 1520. The molecule has 1 unspecified atom stereocenters. The van der Waals surface area contributed by atoms with Gasteiger partial charge in [-0.2, -0.15) is 0 Å². The zero-order valence-corrected chi connectivity index (χ0v) is 21.9. The van der Waals surface area contributed by atoms with E-state index >= 15 is 0 Å². The zero-order chi connectivity index (χ0) is 26.7. The minimum absolute atomic E-state index is 0.0214. The van der Waals surface area contributed by atoms with Gasteiger partial charge < -0.3 is 20.4 Å². The zero-order valence-electron chi connectivity index (χ0n) is 18.6. The van der Waals surface area contributed by atoms with Gasteiger partial charge in [-0.1, -0.05) is 47.3 Å². The number of hydrogen-bond acceptors (Lipinski definition) is 6. The molecule has 0 saturated heterocycles. The first-order chi connectivity index (χ1) is 16.8. The number of aromatic hydroxyl groups is 1. The van der Waals surface area contributed by atoms with Crippen LogP contribution in [0.4, 0.5) is 5.69 Å². The van der Waals surface area contributed by atoms with Crippen LogP contribution in [0.25, 0.3) is 0 Å². The van der Waals surface area contributed by atoms with E-state index in [1.54, 1.807) is 6.07 Å². The maximum Gasteiger partial charge on any atom is 0.326 e. The van der Waals surface area contributed by atoms with E-state index < -0.39 is 29.2 Å². The normalized spacial score (nSPS) is 13.7. The van der Waals surface area contributed by atoms with E-state index in [4.69, 9.17) is 23.2 Å². The van der Waals surface area contributed by atoms with Gasteiger partial charge in [-0.25, -0.2) is 13.2 Å². The van der Waals surface area contributed by atoms with Crippen LogP contribution in [0.1, 0.15) is 11.1 Å². The van der Waals surface area contributed by atoms with E-state index in [1.807, 2.05) is 0 Å². The highest BCUT2D eigenvalue weighted by atomic mass is 35.5. The van der Waals surface area contributed by atoms with Crippen LogP contribution in [-0.2, 0) is 25.6 Å². The van der Waals surface area contributed by atoms with E-state index in [1.165, 1.54) is 48.5 Å². The summed E-state index contributed by atoms with van der Waals surface area (Å²) >= 11 is 12.6. The Morgan fingerprint density at radius 1 is 1.08 bits per heavy atom. The number of carbonyl (C=O) groups is 1. The molecule has 3 aromatic carbocycles. The van der Waals surface area contributed by atoms with Crippen LogP contribution in [0.5, 0.6) is 5.75 Å². The Kier molecular flexibility index (Phi) is 8.40. The van der Waals surface area contributed by atoms with Gasteiger partial charge >= 0.3 is 13.3 Å². The molecule has 0 saturated carbocycles. The van der Waals surface area contributed by atoms with E-state index in [2.05, 4.69) is 16.9 Å². The smallest absolute Gasteiger partial charge is 0.326 e. The molecule has 0 aliphatic carbocycles. The molecule has 0 aromatic heterocycles. The summed E-state index contributed by atoms with van der Waals surface area (Å²) in [6, 6.07) is 12.7. The van der Waals surface area contributed by atoms with Gasteiger partial charge in [0, 0.05) is 18.2 Å². The fourth-order valence-corrected chi connectivity index (χ4v) is 5.48. The van der Waals surface area contributed by atoms with Gasteiger partial charge in [-0.05, 0) is 53.7 Å². The van der Waals surface area contributed by atoms with Crippen LogP contribution in [0.15, 0.2) is 65.6 Å². The summed E-state index contributed by atoms with van der Waals surface area (Å²) in [5, 5.41) is 22.0. The molecule has 12 heteroatoms. The molecule has 0 radical (unpaired) electrons. The number of halogens is 2. The summed E-state index contributed by atoms with van der Waals surface area (Å²) in [5.41, 5.74) is 3.05. The summed E-state index contributed by atoms with van der Waals surface area (Å²) in [5.74, 6) is 1.13. The lowest BCUT2D eigenvalue weighted by molar-refractivity contribution is -0.137. The van der Waals surface area contributed by atoms with Gasteiger partial charge in [-0.15, -0.1) is 0 Å². The highest BCUT2D eigenvalue weighted by molar-refractivity contribution is 7.90. The number of anilines is 1. The molecule has 0 fully saturated rings. The number of nitrogens with one attached hydrogen (secondary N) is 1. The molecule has 0 amide bonds. The number of carboxylic acids is 1. The van der Waals surface area contributed by atoms with Gasteiger partial charge in [0.05, 0.1) is 25.9 Å². The second-order valence-electron chi connectivity index (χ2n) is 7.81. The van der Waals surface area contributed by atoms with E-state index in [0.717, 1.165) is 12.3 Å². The van der Waals surface area contributed by atoms with Crippen LogP contribution >= 0.6 is 30.6 Å². The largest absolute Gasteiger partial charge is 0.508 e. The maximum atomic E-state index is 12.5. The van der Waals surface area contributed by atoms with Crippen LogP contribution < -0.4 is 10.6 Å². The van der Waals surface area contributed by atoms with Gasteiger partial charge in [-0.3, -0.25) is 4.57 Å². The predicted molar refractivity (Wildman–Crippen MR) is 139 cm³/mol. The van der Waals surface area contributed by atoms with Crippen LogP contribution in [-0.4, -0.2) is 41.8 Å². The monoisotopic (exact) mass is 567 g/mol. The Balaban J connectivity index is 1.86. The second-order valence-corrected chi connectivity index (χ2v) is 12.5. The number of benzene rings is 3. The maximum absolute atomic E-state index is 12.5. The second kappa shape index (κ2) is 11.0. The predicted octanol–water partition coefficient (Wildman–Crippen LogP) is 4.12. The van der Waals surface area contributed by atoms with Crippen molar-refractivity contribution in [3.8, 4) is 17.3 Å². The average Bonchev–Trinajstić information content (AvgIpc) is 2.79. The molecule has 0 heterocycles. The van der Waals surface area contributed by atoms with Crippen molar-refractivity contribution in [1.29, 1.82) is 0 Å². The van der Waals surface area contributed by atoms with Crippen molar-refractivity contribution in [1.82, 2.24) is 0 Å². The van der Waals surface area contributed by atoms with Crippen molar-refractivity contribution >= 4 is 57.4 Å². The summed E-state index contributed by atoms with van der Waals surface area (Å²) in [6.07, 6.45) is 0.993. The lowest BCUT2D eigenvalue weighted by Crippen LogP contribution is -2.31. The Hall–Kier alpha value is -2.99. The average molecular weight is 568 g/mol. The molecule has 0 aliphatic rings. The van der Waals surface area contributed by atoms with Crippen molar-refractivity contribution in [3.63, 3.8) is 0 Å². The van der Waals surface area contributed by atoms with Crippen molar-refractivity contribution in [2.75, 3.05) is 11.6 Å². The van der Waals surface area contributed by atoms with E-state index in [9.17, 15) is 32.9 Å². The summed E-state index contributed by atoms with van der Waals surface area (Å²) in [4.78, 5) is 22.2. The van der Waals surface area contributed by atoms with Crippen molar-refractivity contribution in [2.45, 2.75) is 17.4 Å². The third-order valence-electron chi connectivity index (χ3n) is 4.96. The number of phenolic OH excluding ortho intramolecular Hbond substituents is 1. The van der Waals surface area contributed by atoms with E-state index in [0.29, 0.717) is 5.56 Å². The molecule has 0 aliphatic heterocycles. The first-order valence-corrected chi connectivity index (χ1v) is 14.5. The van der Waals surface area contributed by atoms with Crippen molar-refractivity contribution in [3.05, 3.63) is 81.8 Å². The molecule has 3 rings (SSSR count). The molecular formula is C24H20Cl2NO7PS. The quantitative estimate of drug-likeness (QED) is 0.247. The topological polar surface area (TPSA) is 141 Å². The summed E-state index contributed by atoms with van der Waals surface area (Å²) < 4.78 is 36.2. The van der Waals surface area contributed by atoms with Gasteiger partial charge in [0.2, 0.25) is 0 Å². The highest BCUT2D eigenvalue weighted by Gasteiger charge is 2.22. The first kappa shape index (κ1) is 27.6. The Morgan fingerprint density at radius 2 is 1.72 bits per heavy atom. The minimum Gasteiger partial charge on any atom is -0.508 e. The molecule has 8 nitrogen and oxygen atoms in total. The molecule has 4 N–H and O–H groups in total. The van der Waals surface area contributed by atoms with Crippen LogP contribution in [0.2, 0.25) is 10.0 Å². The molecule has 188 valence electrons. The lowest BCUT2D eigenvalue weighted by Gasteiger charge is -2.18. The molecule has 0 bridgehead atoms. The number of carboxylic acid groups (broad SMARTS) is 1. The van der Waals surface area contributed by atoms with Crippen molar-refractivity contribution in [2.24, 2.45) is 0 Å². The number of rotatable bonds is 7. The molecule has 0 spiro atoms. The third-order valence-corrected chi connectivity index (χ3v) is 8.06. The Morgan fingerprint density at radius 3 is 2.31 bits per heavy atom. The lowest BCUT2D eigenvalue weighted by atomic mass is 10.1. The number of hydrogen-bond donors (Lipinski definition) is 4. The number of sulfone groups is 1. The molecule has 2 atom stereocenters.